The van der Waals surface area contributed by atoms with Crippen molar-refractivity contribution in [3.8, 4) is 0 Å². The highest BCUT2D eigenvalue weighted by Gasteiger charge is 2.24. The van der Waals surface area contributed by atoms with Crippen LogP contribution in [0, 0.1) is 5.41 Å². The van der Waals surface area contributed by atoms with E-state index in [1.807, 2.05) is 6.07 Å². The number of epoxide rings is 1. The maximum absolute atomic E-state index is 5.83. The Morgan fingerprint density at radius 1 is 1.28 bits per heavy atom. The maximum Gasteiger partial charge on any atom is 0.0810 e. The summed E-state index contributed by atoms with van der Waals surface area (Å²) in [4.78, 5) is 0. The van der Waals surface area contributed by atoms with Crippen LogP contribution in [0.1, 0.15) is 38.7 Å². The third-order valence-electron chi connectivity index (χ3n) is 3.39. The molecule has 1 saturated heterocycles. The Bertz CT molecular complexity index is 341. The molecule has 2 nitrogen and oxygen atoms in total. The zero-order valence-electron chi connectivity index (χ0n) is 11.5. The number of rotatable bonds is 8. The summed E-state index contributed by atoms with van der Waals surface area (Å²) in [6.07, 6.45) is 4.22. The summed E-state index contributed by atoms with van der Waals surface area (Å²) in [5.41, 5.74) is 1.52. The Morgan fingerprint density at radius 3 is 2.67 bits per heavy atom. The van der Waals surface area contributed by atoms with Gasteiger partial charge in [0.1, 0.15) is 0 Å². The van der Waals surface area contributed by atoms with Gasteiger partial charge < -0.3 is 9.47 Å². The third-order valence-corrected chi connectivity index (χ3v) is 3.39. The summed E-state index contributed by atoms with van der Waals surface area (Å²) in [6.45, 7) is 7.09. The molecule has 0 saturated carbocycles. The van der Waals surface area contributed by atoms with Gasteiger partial charge >= 0.3 is 0 Å². The maximum atomic E-state index is 5.83. The van der Waals surface area contributed by atoms with E-state index in [2.05, 4.69) is 38.1 Å². The van der Waals surface area contributed by atoms with Crippen molar-refractivity contribution in [1.82, 2.24) is 0 Å². The Balaban J connectivity index is 1.61. The fourth-order valence-corrected chi connectivity index (χ4v) is 2.13. The van der Waals surface area contributed by atoms with E-state index in [1.165, 1.54) is 24.8 Å². The Kier molecular flexibility index (Phi) is 4.79. The average Bonchev–Trinajstić information content (AvgIpc) is 3.14. The van der Waals surface area contributed by atoms with E-state index in [4.69, 9.17) is 9.47 Å². The van der Waals surface area contributed by atoms with Gasteiger partial charge in [0.2, 0.25) is 0 Å². The molecule has 0 radical (unpaired) electrons. The van der Waals surface area contributed by atoms with E-state index in [0.717, 1.165) is 19.8 Å². The van der Waals surface area contributed by atoms with Crippen LogP contribution in [0.3, 0.4) is 0 Å². The molecule has 1 aliphatic heterocycles. The minimum absolute atomic E-state index is 0.268. The number of benzene rings is 1. The van der Waals surface area contributed by atoms with Crippen molar-refractivity contribution in [2.45, 2.75) is 45.8 Å². The van der Waals surface area contributed by atoms with Crippen molar-refractivity contribution in [3.63, 3.8) is 0 Å². The highest BCUT2D eigenvalue weighted by Crippen LogP contribution is 2.26. The summed E-state index contributed by atoms with van der Waals surface area (Å²) in [7, 11) is 0. The molecule has 0 bridgehead atoms. The molecule has 0 aromatic heterocycles. The van der Waals surface area contributed by atoms with Crippen molar-refractivity contribution in [3.05, 3.63) is 35.9 Å². The fraction of sp³-hybridized carbons (Fsp3) is 0.625. The van der Waals surface area contributed by atoms with Crippen molar-refractivity contribution < 1.29 is 9.47 Å². The lowest BCUT2D eigenvalue weighted by Crippen LogP contribution is -2.19. The van der Waals surface area contributed by atoms with Crippen LogP contribution in [-0.2, 0) is 16.1 Å². The predicted molar refractivity (Wildman–Crippen MR) is 73.5 cm³/mol. The minimum atomic E-state index is 0.268. The molecule has 0 spiro atoms. The predicted octanol–water partition coefficient (Wildman–Crippen LogP) is 3.80. The highest BCUT2D eigenvalue weighted by molar-refractivity contribution is 5.13. The molecule has 2 rings (SSSR count). The van der Waals surface area contributed by atoms with Crippen LogP contribution in [0.15, 0.2) is 30.3 Å². The molecule has 0 amide bonds. The van der Waals surface area contributed by atoms with Gasteiger partial charge in [0.15, 0.2) is 0 Å². The molecular formula is C16H24O2. The topological polar surface area (TPSA) is 21.8 Å². The largest absolute Gasteiger partial charge is 0.376 e. The van der Waals surface area contributed by atoms with Crippen LogP contribution in [0.2, 0.25) is 0 Å². The molecule has 0 aliphatic carbocycles. The SMILES string of the molecule is CC(C)(CCCC1CO1)COCc1ccccc1. The van der Waals surface area contributed by atoms with Crippen LogP contribution in [0.5, 0.6) is 0 Å². The van der Waals surface area contributed by atoms with E-state index in [1.54, 1.807) is 0 Å². The number of hydrogen-bond donors (Lipinski definition) is 0. The summed E-state index contributed by atoms with van der Waals surface area (Å²) >= 11 is 0. The molecule has 1 atom stereocenters. The van der Waals surface area contributed by atoms with Gasteiger partial charge in [0, 0.05) is 0 Å². The van der Waals surface area contributed by atoms with Crippen LogP contribution < -0.4 is 0 Å². The first kappa shape index (κ1) is 13.6. The normalized spacial score (nSPS) is 18.9. The van der Waals surface area contributed by atoms with Crippen LogP contribution in [0.25, 0.3) is 0 Å². The van der Waals surface area contributed by atoms with Crippen molar-refractivity contribution in [1.29, 1.82) is 0 Å². The molecule has 1 aliphatic rings. The minimum Gasteiger partial charge on any atom is -0.376 e. The zero-order chi connectivity index (χ0) is 12.8. The molecule has 1 heterocycles. The fourth-order valence-electron chi connectivity index (χ4n) is 2.13. The first-order chi connectivity index (χ1) is 8.66. The molecule has 1 aromatic rings. The summed E-state index contributed by atoms with van der Waals surface area (Å²) < 4.78 is 11.1. The second-order valence-corrected chi connectivity index (χ2v) is 5.99. The van der Waals surface area contributed by atoms with Crippen LogP contribution >= 0.6 is 0 Å². The summed E-state index contributed by atoms with van der Waals surface area (Å²) in [5.74, 6) is 0. The van der Waals surface area contributed by atoms with Gasteiger partial charge in [-0.15, -0.1) is 0 Å². The second-order valence-electron chi connectivity index (χ2n) is 5.99. The Labute approximate surface area is 110 Å². The molecule has 2 heteroatoms. The average molecular weight is 248 g/mol. The number of ether oxygens (including phenoxy) is 2. The van der Waals surface area contributed by atoms with Gasteiger partial charge in [-0.3, -0.25) is 0 Å². The first-order valence-electron chi connectivity index (χ1n) is 6.89. The molecule has 1 aromatic carbocycles. The van der Waals surface area contributed by atoms with Gasteiger partial charge in [-0.05, 0) is 23.8 Å². The van der Waals surface area contributed by atoms with Crippen molar-refractivity contribution >= 4 is 0 Å². The van der Waals surface area contributed by atoms with Crippen molar-refractivity contribution in [2.75, 3.05) is 13.2 Å². The Hall–Kier alpha value is -0.860. The van der Waals surface area contributed by atoms with E-state index in [-0.39, 0.29) is 5.41 Å². The molecule has 0 N–H and O–H groups in total. The second kappa shape index (κ2) is 6.35. The van der Waals surface area contributed by atoms with E-state index in [0.29, 0.717) is 6.10 Å². The van der Waals surface area contributed by atoms with Gasteiger partial charge in [0.25, 0.3) is 0 Å². The lowest BCUT2D eigenvalue weighted by atomic mass is 9.88. The van der Waals surface area contributed by atoms with E-state index < -0.39 is 0 Å². The van der Waals surface area contributed by atoms with E-state index >= 15 is 0 Å². The first-order valence-corrected chi connectivity index (χ1v) is 6.89. The Morgan fingerprint density at radius 2 is 2.00 bits per heavy atom. The lowest BCUT2D eigenvalue weighted by Gasteiger charge is -2.24. The molecule has 18 heavy (non-hydrogen) atoms. The standard InChI is InChI=1S/C16H24O2/c1-16(2,10-6-9-15-12-18-15)13-17-11-14-7-4-3-5-8-14/h3-5,7-8,15H,6,9-13H2,1-2H3. The molecule has 1 unspecified atom stereocenters. The lowest BCUT2D eigenvalue weighted by molar-refractivity contribution is 0.0456. The summed E-state index contributed by atoms with van der Waals surface area (Å²) in [6, 6.07) is 10.4. The monoisotopic (exact) mass is 248 g/mol. The van der Waals surface area contributed by atoms with E-state index in [9.17, 15) is 0 Å². The molecular weight excluding hydrogens is 224 g/mol. The van der Waals surface area contributed by atoms with Gasteiger partial charge in [0.05, 0.1) is 25.9 Å². The summed E-state index contributed by atoms with van der Waals surface area (Å²) in [5, 5.41) is 0. The van der Waals surface area contributed by atoms with Gasteiger partial charge in [-0.25, -0.2) is 0 Å². The van der Waals surface area contributed by atoms with Crippen LogP contribution in [0.4, 0.5) is 0 Å². The number of hydrogen-bond acceptors (Lipinski definition) is 2. The van der Waals surface area contributed by atoms with Crippen LogP contribution in [-0.4, -0.2) is 19.3 Å². The van der Waals surface area contributed by atoms with Crippen molar-refractivity contribution in [2.24, 2.45) is 5.41 Å². The molecule has 1 fully saturated rings. The molecule has 100 valence electrons. The van der Waals surface area contributed by atoms with Gasteiger partial charge in [-0.1, -0.05) is 50.6 Å². The zero-order valence-corrected chi connectivity index (χ0v) is 11.5. The van der Waals surface area contributed by atoms with Gasteiger partial charge in [-0.2, -0.15) is 0 Å². The quantitative estimate of drug-likeness (QED) is 0.653. The third kappa shape index (κ3) is 5.19. The smallest absolute Gasteiger partial charge is 0.0810 e. The highest BCUT2D eigenvalue weighted by atomic mass is 16.6.